The number of sulfonamides is 1. The third-order valence-corrected chi connectivity index (χ3v) is 8.15. The molecule has 0 bridgehead atoms. The van der Waals surface area contributed by atoms with Crippen molar-refractivity contribution in [3.8, 4) is 5.75 Å². The smallest absolute Gasteiger partial charge is 0.253 e. The fourth-order valence-electron chi connectivity index (χ4n) is 4.35. The Kier molecular flexibility index (Phi) is 7.68. The van der Waals surface area contributed by atoms with E-state index in [0.717, 1.165) is 17.7 Å². The summed E-state index contributed by atoms with van der Waals surface area (Å²) in [6.07, 6.45) is 1.91. The molecule has 4 rings (SSSR count). The molecule has 0 saturated heterocycles. The van der Waals surface area contributed by atoms with E-state index in [2.05, 4.69) is 9.71 Å². The number of nitrogens with one attached hydrogen (secondary N) is 1. The van der Waals surface area contributed by atoms with Gasteiger partial charge in [0, 0.05) is 43.0 Å². The number of carbonyl (C=O) groups is 1. The van der Waals surface area contributed by atoms with Crippen LogP contribution in [0.4, 0.5) is 0 Å². The summed E-state index contributed by atoms with van der Waals surface area (Å²) in [4.78, 5) is 19.2. The van der Waals surface area contributed by atoms with Gasteiger partial charge in [-0.05, 0) is 68.3 Å². The third-order valence-electron chi connectivity index (χ3n) is 6.69. The SMILES string of the molecule is CCc1ccc(S(=O)(=O)N[C@@H]2c3cc(C(=O)N(C)CCc4ccccn4)ccc3OC(C)(C)[C@H]2O)cc1. The maximum absolute atomic E-state index is 13.3. The lowest BCUT2D eigenvalue weighted by Crippen LogP contribution is -2.53. The Bertz CT molecular complexity index is 1360. The highest BCUT2D eigenvalue weighted by Gasteiger charge is 2.45. The predicted molar refractivity (Wildman–Crippen MR) is 141 cm³/mol. The van der Waals surface area contributed by atoms with Gasteiger partial charge in [0.15, 0.2) is 0 Å². The quantitative estimate of drug-likeness (QED) is 0.468. The lowest BCUT2D eigenvalue weighted by molar-refractivity contribution is -0.0603. The van der Waals surface area contributed by atoms with Crippen LogP contribution in [0.25, 0.3) is 0 Å². The molecular formula is C28H33N3O5S. The number of aromatic nitrogens is 1. The maximum Gasteiger partial charge on any atom is 0.253 e. The van der Waals surface area contributed by atoms with Gasteiger partial charge in [-0.3, -0.25) is 9.78 Å². The van der Waals surface area contributed by atoms with Gasteiger partial charge in [-0.25, -0.2) is 13.1 Å². The van der Waals surface area contributed by atoms with Gasteiger partial charge in [0.25, 0.3) is 5.91 Å². The van der Waals surface area contributed by atoms with E-state index in [9.17, 15) is 18.3 Å². The number of pyridine rings is 1. The molecule has 0 radical (unpaired) electrons. The topological polar surface area (TPSA) is 109 Å². The molecule has 2 heterocycles. The highest BCUT2D eigenvalue weighted by Crippen LogP contribution is 2.41. The summed E-state index contributed by atoms with van der Waals surface area (Å²) in [5.41, 5.74) is 1.62. The number of aliphatic hydroxyl groups is 1. The van der Waals surface area contributed by atoms with Gasteiger partial charge in [-0.2, -0.15) is 0 Å². The Morgan fingerprint density at radius 3 is 2.51 bits per heavy atom. The fraction of sp³-hybridized carbons (Fsp3) is 0.357. The first-order valence-corrected chi connectivity index (χ1v) is 13.8. The Labute approximate surface area is 218 Å². The van der Waals surface area contributed by atoms with Crippen molar-refractivity contribution in [2.45, 2.75) is 56.3 Å². The van der Waals surface area contributed by atoms with Gasteiger partial charge < -0.3 is 14.7 Å². The van der Waals surface area contributed by atoms with Crippen LogP contribution in [0.5, 0.6) is 5.75 Å². The molecular weight excluding hydrogens is 490 g/mol. The lowest BCUT2D eigenvalue weighted by atomic mass is 9.86. The minimum absolute atomic E-state index is 0.101. The van der Waals surface area contributed by atoms with Crippen LogP contribution >= 0.6 is 0 Å². The van der Waals surface area contributed by atoms with Crippen LogP contribution < -0.4 is 9.46 Å². The van der Waals surface area contributed by atoms with E-state index in [4.69, 9.17) is 4.74 Å². The Hall–Kier alpha value is -3.27. The largest absolute Gasteiger partial charge is 0.485 e. The second kappa shape index (κ2) is 10.6. The number of nitrogens with zero attached hydrogens (tertiary/aromatic N) is 2. The number of fused-ring (bicyclic) bond motifs is 1. The summed E-state index contributed by atoms with van der Waals surface area (Å²) >= 11 is 0. The van der Waals surface area contributed by atoms with Gasteiger partial charge in [0.2, 0.25) is 10.0 Å². The predicted octanol–water partition coefficient (Wildman–Crippen LogP) is 3.51. The number of hydrogen-bond acceptors (Lipinski definition) is 6. The zero-order chi connectivity index (χ0) is 26.8. The molecule has 196 valence electrons. The van der Waals surface area contributed by atoms with Crippen LogP contribution in [-0.2, 0) is 22.9 Å². The van der Waals surface area contributed by atoms with E-state index >= 15 is 0 Å². The first-order chi connectivity index (χ1) is 17.5. The van der Waals surface area contributed by atoms with Crippen LogP contribution in [0.3, 0.4) is 0 Å². The molecule has 1 aromatic heterocycles. The van der Waals surface area contributed by atoms with Crippen molar-refractivity contribution in [3.05, 3.63) is 89.2 Å². The van der Waals surface area contributed by atoms with E-state index in [-0.39, 0.29) is 10.8 Å². The van der Waals surface area contributed by atoms with E-state index in [1.54, 1.807) is 74.5 Å². The first-order valence-electron chi connectivity index (χ1n) is 12.3. The van der Waals surface area contributed by atoms with Crippen molar-refractivity contribution >= 4 is 15.9 Å². The average Bonchev–Trinajstić information content (AvgIpc) is 2.89. The Morgan fingerprint density at radius 2 is 1.86 bits per heavy atom. The number of ether oxygens (including phenoxy) is 1. The zero-order valence-electron chi connectivity index (χ0n) is 21.5. The average molecular weight is 524 g/mol. The standard InChI is InChI=1S/C28H33N3O5S/c1-5-19-9-12-22(13-10-19)37(34,35)30-25-23-18-20(11-14-24(23)36-28(2,3)26(25)32)27(33)31(4)17-15-21-8-6-7-16-29-21/h6-14,16,18,25-26,30,32H,5,15,17H2,1-4H3/t25-,26+/m1/s1. The van der Waals surface area contributed by atoms with Gasteiger partial charge in [0.1, 0.15) is 17.5 Å². The van der Waals surface area contributed by atoms with Crippen molar-refractivity contribution in [1.29, 1.82) is 0 Å². The van der Waals surface area contributed by atoms with E-state index in [1.807, 2.05) is 25.1 Å². The highest BCUT2D eigenvalue weighted by molar-refractivity contribution is 7.89. The van der Waals surface area contributed by atoms with Crippen molar-refractivity contribution < 1.29 is 23.1 Å². The summed E-state index contributed by atoms with van der Waals surface area (Å²) < 4.78 is 35.2. The highest BCUT2D eigenvalue weighted by atomic mass is 32.2. The molecule has 0 fully saturated rings. The number of carbonyl (C=O) groups excluding carboxylic acids is 1. The van der Waals surface area contributed by atoms with Crippen molar-refractivity contribution in [2.24, 2.45) is 0 Å². The fourth-order valence-corrected chi connectivity index (χ4v) is 5.57. The van der Waals surface area contributed by atoms with Gasteiger partial charge in [-0.1, -0.05) is 25.1 Å². The minimum Gasteiger partial charge on any atom is -0.485 e. The molecule has 3 aromatic rings. The second-order valence-corrected chi connectivity index (χ2v) is 11.5. The van der Waals surface area contributed by atoms with E-state index < -0.39 is 27.8 Å². The summed E-state index contributed by atoms with van der Waals surface area (Å²) in [5, 5.41) is 11.1. The molecule has 1 aliphatic rings. The molecule has 2 N–H and O–H groups in total. The normalized spacial score (nSPS) is 18.5. The summed E-state index contributed by atoms with van der Waals surface area (Å²) in [5.74, 6) is 0.187. The van der Waals surface area contributed by atoms with Gasteiger partial charge >= 0.3 is 0 Å². The van der Waals surface area contributed by atoms with Crippen LogP contribution in [0.15, 0.2) is 71.8 Å². The number of hydrogen-bond donors (Lipinski definition) is 2. The lowest BCUT2D eigenvalue weighted by Gasteiger charge is -2.42. The van der Waals surface area contributed by atoms with Gasteiger partial charge in [0.05, 0.1) is 10.9 Å². The Morgan fingerprint density at radius 1 is 1.14 bits per heavy atom. The number of likely N-dealkylation sites (N-methyl/N-ethyl adjacent to an activating group) is 1. The van der Waals surface area contributed by atoms with Crippen LogP contribution in [-0.4, -0.2) is 54.6 Å². The molecule has 37 heavy (non-hydrogen) atoms. The van der Waals surface area contributed by atoms with Crippen LogP contribution in [0.1, 0.15) is 54.0 Å². The number of benzene rings is 2. The zero-order valence-corrected chi connectivity index (χ0v) is 22.3. The molecule has 1 aliphatic heterocycles. The Balaban J connectivity index is 1.61. The molecule has 0 unspecified atom stereocenters. The number of aliphatic hydroxyl groups excluding tert-OH is 1. The molecule has 0 aliphatic carbocycles. The summed E-state index contributed by atoms with van der Waals surface area (Å²) in [6.45, 7) is 5.85. The number of rotatable bonds is 8. The molecule has 0 saturated carbocycles. The first kappa shape index (κ1) is 26.8. The molecule has 2 atom stereocenters. The number of aryl methyl sites for hydroxylation is 1. The van der Waals surface area contributed by atoms with Crippen molar-refractivity contribution in [3.63, 3.8) is 0 Å². The molecule has 8 nitrogen and oxygen atoms in total. The van der Waals surface area contributed by atoms with E-state index in [1.165, 1.54) is 0 Å². The van der Waals surface area contributed by atoms with Crippen molar-refractivity contribution in [2.75, 3.05) is 13.6 Å². The maximum atomic E-state index is 13.3. The van der Waals surface area contributed by atoms with Crippen molar-refractivity contribution in [1.82, 2.24) is 14.6 Å². The van der Waals surface area contributed by atoms with E-state index in [0.29, 0.717) is 29.8 Å². The molecule has 1 amide bonds. The molecule has 2 aromatic carbocycles. The monoisotopic (exact) mass is 523 g/mol. The summed E-state index contributed by atoms with van der Waals surface area (Å²) in [7, 11) is -2.26. The molecule has 0 spiro atoms. The summed E-state index contributed by atoms with van der Waals surface area (Å²) in [6, 6.07) is 16.2. The van der Waals surface area contributed by atoms with Gasteiger partial charge in [-0.15, -0.1) is 0 Å². The minimum atomic E-state index is -3.97. The number of amides is 1. The van der Waals surface area contributed by atoms with Crippen LogP contribution in [0, 0.1) is 0 Å². The third kappa shape index (κ3) is 5.84. The van der Waals surface area contributed by atoms with Crippen LogP contribution in [0.2, 0.25) is 0 Å². The second-order valence-electron chi connectivity index (χ2n) is 9.80. The molecule has 9 heteroatoms.